The van der Waals surface area contributed by atoms with Gasteiger partial charge < -0.3 is 4.74 Å². The monoisotopic (exact) mass is 341 g/mol. The lowest BCUT2D eigenvalue weighted by Crippen LogP contribution is -2.37. The molecule has 20 heavy (non-hydrogen) atoms. The Labute approximate surface area is 125 Å². The fourth-order valence-electron chi connectivity index (χ4n) is 1.86. The molecule has 2 rings (SSSR count). The van der Waals surface area contributed by atoms with Crippen LogP contribution in [0.2, 0.25) is 0 Å². The molecular formula is C13H16BrN3O3. The van der Waals surface area contributed by atoms with Crippen LogP contribution in [0.25, 0.3) is 10.9 Å². The van der Waals surface area contributed by atoms with Gasteiger partial charge >= 0.3 is 0 Å². The maximum absolute atomic E-state index is 11.9. The molecule has 0 aliphatic carbocycles. The van der Waals surface area contributed by atoms with E-state index in [4.69, 9.17) is 9.57 Å². The van der Waals surface area contributed by atoms with E-state index in [1.807, 2.05) is 25.2 Å². The van der Waals surface area contributed by atoms with Gasteiger partial charge in [0.2, 0.25) is 5.88 Å². The lowest BCUT2D eigenvalue weighted by atomic mass is 10.2. The van der Waals surface area contributed by atoms with E-state index in [0.717, 1.165) is 20.4 Å². The summed E-state index contributed by atoms with van der Waals surface area (Å²) in [5.41, 5.74) is 0.933. The van der Waals surface area contributed by atoms with Crippen LogP contribution in [0.1, 0.15) is 6.92 Å². The second-order valence-electron chi connectivity index (χ2n) is 4.37. The number of nitrogens with zero attached hydrogens (tertiary/aromatic N) is 3. The molecule has 1 amide bonds. The molecule has 0 saturated heterocycles. The molecule has 0 aliphatic heterocycles. The summed E-state index contributed by atoms with van der Waals surface area (Å²) in [4.78, 5) is 16.8. The first-order chi connectivity index (χ1) is 9.43. The molecule has 0 fully saturated rings. The van der Waals surface area contributed by atoms with Gasteiger partial charge in [-0.25, -0.2) is 5.06 Å². The number of benzene rings is 1. The van der Waals surface area contributed by atoms with E-state index in [2.05, 4.69) is 21.0 Å². The number of rotatable bonds is 4. The molecule has 1 atom stereocenters. The number of likely N-dealkylation sites (N-methyl/N-ethyl adjacent to an activating group) is 1. The van der Waals surface area contributed by atoms with Crippen molar-refractivity contribution in [1.82, 2.24) is 14.8 Å². The van der Waals surface area contributed by atoms with Crippen molar-refractivity contribution in [3.63, 3.8) is 0 Å². The van der Waals surface area contributed by atoms with Crippen LogP contribution in [0.5, 0.6) is 5.88 Å². The number of halogens is 1. The van der Waals surface area contributed by atoms with E-state index >= 15 is 0 Å². The Morgan fingerprint density at radius 2 is 2.20 bits per heavy atom. The topological polar surface area (TPSA) is 56.6 Å². The number of aryl methyl sites for hydroxylation is 1. The lowest BCUT2D eigenvalue weighted by molar-refractivity contribution is -0.175. The molecule has 7 heteroatoms. The molecular weight excluding hydrogens is 326 g/mol. The quantitative estimate of drug-likeness (QED) is 0.799. The van der Waals surface area contributed by atoms with Gasteiger partial charge in [-0.15, -0.1) is 5.10 Å². The number of hydroxylamine groups is 2. The Balaban J connectivity index is 2.30. The van der Waals surface area contributed by atoms with Crippen molar-refractivity contribution in [3.8, 4) is 5.88 Å². The van der Waals surface area contributed by atoms with Gasteiger partial charge in [0.05, 0.1) is 18.0 Å². The summed E-state index contributed by atoms with van der Waals surface area (Å²) in [5.74, 6) is 0.149. The summed E-state index contributed by atoms with van der Waals surface area (Å²) < 4.78 is 8.31. The number of carbonyl (C=O) groups excluding carboxylic acids is 1. The third-order valence-electron chi connectivity index (χ3n) is 3.00. The van der Waals surface area contributed by atoms with Crippen molar-refractivity contribution < 1.29 is 14.4 Å². The third kappa shape index (κ3) is 2.78. The van der Waals surface area contributed by atoms with E-state index in [-0.39, 0.29) is 5.91 Å². The minimum Gasteiger partial charge on any atom is -0.463 e. The SMILES string of the molecule is CON(C)C(=O)[C@H](C)Oc1nn(C)c2ccc(Br)cc12. The second kappa shape index (κ2) is 5.80. The van der Waals surface area contributed by atoms with Crippen LogP contribution in [-0.4, -0.2) is 41.0 Å². The highest BCUT2D eigenvalue weighted by atomic mass is 79.9. The van der Waals surface area contributed by atoms with Gasteiger partial charge in [-0.3, -0.25) is 14.3 Å². The Kier molecular flexibility index (Phi) is 4.29. The highest BCUT2D eigenvalue weighted by Gasteiger charge is 2.22. The van der Waals surface area contributed by atoms with Gasteiger partial charge in [-0.2, -0.15) is 0 Å². The number of fused-ring (bicyclic) bond motifs is 1. The van der Waals surface area contributed by atoms with E-state index in [1.54, 1.807) is 11.6 Å². The first-order valence-electron chi connectivity index (χ1n) is 6.04. The minimum atomic E-state index is -0.683. The fourth-order valence-corrected chi connectivity index (χ4v) is 2.22. The van der Waals surface area contributed by atoms with Gasteiger partial charge in [0.25, 0.3) is 5.91 Å². The summed E-state index contributed by atoms with van der Waals surface area (Å²) in [6, 6.07) is 5.78. The summed E-state index contributed by atoms with van der Waals surface area (Å²) in [6.07, 6.45) is -0.683. The number of amides is 1. The summed E-state index contributed by atoms with van der Waals surface area (Å²) >= 11 is 3.42. The molecule has 0 aliphatic rings. The van der Waals surface area contributed by atoms with Crippen molar-refractivity contribution in [2.45, 2.75) is 13.0 Å². The van der Waals surface area contributed by atoms with Crippen LogP contribution in [-0.2, 0) is 16.7 Å². The fraction of sp³-hybridized carbons (Fsp3) is 0.385. The van der Waals surface area contributed by atoms with Crippen LogP contribution in [0.3, 0.4) is 0 Å². The number of aromatic nitrogens is 2. The third-order valence-corrected chi connectivity index (χ3v) is 3.49. The largest absolute Gasteiger partial charge is 0.463 e. The molecule has 1 aromatic heterocycles. The predicted molar refractivity (Wildman–Crippen MR) is 78.3 cm³/mol. The van der Waals surface area contributed by atoms with Crippen LogP contribution < -0.4 is 4.74 Å². The van der Waals surface area contributed by atoms with Crippen LogP contribution >= 0.6 is 15.9 Å². The molecule has 0 unspecified atom stereocenters. The molecule has 1 aromatic carbocycles. The summed E-state index contributed by atoms with van der Waals surface area (Å²) in [7, 11) is 4.80. The Bertz CT molecular complexity index is 641. The van der Waals surface area contributed by atoms with Gasteiger partial charge in [0, 0.05) is 18.6 Å². The average Bonchev–Trinajstić information content (AvgIpc) is 2.73. The molecule has 0 N–H and O–H groups in total. The molecule has 1 heterocycles. The molecule has 0 bridgehead atoms. The lowest BCUT2D eigenvalue weighted by Gasteiger charge is -2.18. The van der Waals surface area contributed by atoms with Crippen molar-refractivity contribution in [2.24, 2.45) is 7.05 Å². The maximum Gasteiger partial charge on any atom is 0.286 e. The normalized spacial score (nSPS) is 12.4. The van der Waals surface area contributed by atoms with Crippen LogP contribution in [0.15, 0.2) is 22.7 Å². The minimum absolute atomic E-state index is 0.277. The Morgan fingerprint density at radius 1 is 1.50 bits per heavy atom. The summed E-state index contributed by atoms with van der Waals surface area (Å²) in [6.45, 7) is 1.66. The van der Waals surface area contributed by atoms with Crippen molar-refractivity contribution in [3.05, 3.63) is 22.7 Å². The van der Waals surface area contributed by atoms with Gasteiger partial charge in [-0.05, 0) is 25.1 Å². The highest BCUT2D eigenvalue weighted by molar-refractivity contribution is 9.10. The molecule has 0 radical (unpaired) electrons. The van der Waals surface area contributed by atoms with Crippen LogP contribution in [0, 0.1) is 0 Å². The first kappa shape index (κ1) is 14.8. The van der Waals surface area contributed by atoms with Gasteiger partial charge in [0.15, 0.2) is 6.10 Å². The number of hydrogen-bond donors (Lipinski definition) is 0. The van der Waals surface area contributed by atoms with E-state index in [0.29, 0.717) is 5.88 Å². The smallest absolute Gasteiger partial charge is 0.286 e. The van der Waals surface area contributed by atoms with Crippen molar-refractivity contribution in [2.75, 3.05) is 14.2 Å². The van der Waals surface area contributed by atoms with E-state index < -0.39 is 6.10 Å². The zero-order valence-corrected chi connectivity index (χ0v) is 13.3. The highest BCUT2D eigenvalue weighted by Crippen LogP contribution is 2.28. The molecule has 0 spiro atoms. The number of ether oxygens (including phenoxy) is 1. The zero-order valence-electron chi connectivity index (χ0n) is 11.8. The van der Waals surface area contributed by atoms with Gasteiger partial charge in [-0.1, -0.05) is 15.9 Å². The standard InChI is InChI=1S/C13H16BrN3O3/c1-8(13(18)17(3)19-4)20-12-10-7-9(14)5-6-11(10)16(2)15-12/h5-8H,1-4H3/t8-/m0/s1. The Morgan fingerprint density at radius 3 is 2.85 bits per heavy atom. The van der Waals surface area contributed by atoms with Gasteiger partial charge in [0.1, 0.15) is 0 Å². The number of hydrogen-bond acceptors (Lipinski definition) is 4. The molecule has 2 aromatic rings. The predicted octanol–water partition coefficient (Wildman–Crippen LogP) is 2.12. The Hall–Kier alpha value is -1.60. The van der Waals surface area contributed by atoms with E-state index in [1.165, 1.54) is 14.2 Å². The zero-order chi connectivity index (χ0) is 14.9. The number of carbonyl (C=O) groups is 1. The maximum atomic E-state index is 11.9. The van der Waals surface area contributed by atoms with Crippen LogP contribution in [0.4, 0.5) is 0 Å². The second-order valence-corrected chi connectivity index (χ2v) is 5.28. The van der Waals surface area contributed by atoms with E-state index in [9.17, 15) is 4.79 Å². The average molecular weight is 342 g/mol. The van der Waals surface area contributed by atoms with Crippen molar-refractivity contribution in [1.29, 1.82) is 0 Å². The molecule has 6 nitrogen and oxygen atoms in total. The summed E-state index contributed by atoms with van der Waals surface area (Å²) in [5, 5.41) is 6.28. The molecule has 0 saturated carbocycles. The first-order valence-corrected chi connectivity index (χ1v) is 6.84. The van der Waals surface area contributed by atoms with Crippen molar-refractivity contribution >= 4 is 32.7 Å². The molecule has 108 valence electrons.